The number of nitrogens with zero attached hydrogens (tertiary/aromatic N) is 3. The Balaban J connectivity index is 2.91. The molecule has 5 nitrogen and oxygen atoms in total. The average Bonchev–Trinajstić information content (AvgIpc) is 2.49. The molecule has 5 heteroatoms. The van der Waals surface area contributed by atoms with E-state index in [-0.39, 0.29) is 5.91 Å². The molecule has 0 radical (unpaired) electrons. The lowest BCUT2D eigenvalue weighted by molar-refractivity contribution is 0.0767. The van der Waals surface area contributed by atoms with Gasteiger partial charge in [-0.15, -0.1) is 0 Å². The second-order valence-corrected chi connectivity index (χ2v) is 4.60. The van der Waals surface area contributed by atoms with Crippen LogP contribution in [0.2, 0.25) is 0 Å². The quantitative estimate of drug-likeness (QED) is 0.787. The van der Waals surface area contributed by atoms with Gasteiger partial charge in [0, 0.05) is 38.1 Å². The van der Waals surface area contributed by atoms with E-state index in [1.54, 1.807) is 11.1 Å². The zero-order chi connectivity index (χ0) is 15.0. The van der Waals surface area contributed by atoms with Crippen molar-refractivity contribution in [2.24, 2.45) is 5.73 Å². The van der Waals surface area contributed by atoms with Gasteiger partial charge in [0.1, 0.15) is 5.69 Å². The molecule has 1 aromatic heterocycles. The van der Waals surface area contributed by atoms with Crippen molar-refractivity contribution in [2.45, 2.75) is 27.2 Å². The van der Waals surface area contributed by atoms with Gasteiger partial charge in [-0.1, -0.05) is 0 Å². The van der Waals surface area contributed by atoms with Crippen molar-refractivity contribution in [3.63, 3.8) is 0 Å². The molecule has 20 heavy (non-hydrogen) atoms. The number of hydrogen-bond donors (Lipinski definition) is 1. The lowest BCUT2D eigenvalue weighted by Gasteiger charge is -2.24. The van der Waals surface area contributed by atoms with Crippen molar-refractivity contribution < 1.29 is 4.79 Å². The Morgan fingerprint density at radius 2 is 1.95 bits per heavy atom. The van der Waals surface area contributed by atoms with Gasteiger partial charge >= 0.3 is 0 Å². The summed E-state index contributed by atoms with van der Waals surface area (Å²) in [6.07, 6.45) is 2.65. The second-order valence-electron chi connectivity index (χ2n) is 4.60. The molecule has 0 unspecified atom stereocenters. The molecule has 1 heterocycles. The summed E-state index contributed by atoms with van der Waals surface area (Å²) in [6.45, 7) is 9.92. The smallest absolute Gasteiger partial charge is 0.272 e. The molecule has 1 rings (SSSR count). The summed E-state index contributed by atoms with van der Waals surface area (Å²) in [6, 6.07) is 3.82. The van der Waals surface area contributed by atoms with Crippen LogP contribution in [0, 0.1) is 0 Å². The molecule has 0 aliphatic heterocycles. The Bertz CT molecular complexity index is 418. The molecule has 0 bridgehead atoms. The zero-order valence-corrected chi connectivity index (χ0v) is 12.8. The number of pyridine rings is 1. The number of carbonyl (C=O) groups is 1. The van der Waals surface area contributed by atoms with Gasteiger partial charge in [0.25, 0.3) is 5.91 Å². The van der Waals surface area contributed by atoms with Crippen molar-refractivity contribution in [3.05, 3.63) is 24.0 Å². The van der Waals surface area contributed by atoms with Crippen LogP contribution in [-0.2, 0) is 0 Å². The van der Waals surface area contributed by atoms with E-state index in [0.29, 0.717) is 25.3 Å². The van der Waals surface area contributed by atoms with Gasteiger partial charge < -0.3 is 15.5 Å². The molecule has 0 atom stereocenters. The Labute approximate surface area is 121 Å². The second kappa shape index (κ2) is 8.53. The Morgan fingerprint density at radius 1 is 1.25 bits per heavy atom. The zero-order valence-electron chi connectivity index (χ0n) is 12.8. The Kier molecular flexibility index (Phi) is 7.01. The van der Waals surface area contributed by atoms with Gasteiger partial charge in [-0.2, -0.15) is 0 Å². The topological polar surface area (TPSA) is 62.5 Å². The highest BCUT2D eigenvalue weighted by atomic mass is 16.2. The van der Waals surface area contributed by atoms with Crippen LogP contribution in [0.25, 0.3) is 0 Å². The number of carbonyl (C=O) groups excluding carboxylic acids is 1. The van der Waals surface area contributed by atoms with Gasteiger partial charge in [0.2, 0.25) is 0 Å². The largest absolute Gasteiger partial charge is 0.372 e. The van der Waals surface area contributed by atoms with Gasteiger partial charge in [-0.3, -0.25) is 9.78 Å². The Morgan fingerprint density at radius 3 is 2.50 bits per heavy atom. The standard InChI is InChI=1S/C15H26N4O/c1-4-18(5-2)15(20)14-12-13(8-10-17-14)19(6-3)11-7-9-16/h8,10,12H,4-7,9,11,16H2,1-3H3. The maximum Gasteiger partial charge on any atom is 0.272 e. The minimum absolute atomic E-state index is 0.00766. The maximum absolute atomic E-state index is 12.3. The average molecular weight is 278 g/mol. The summed E-state index contributed by atoms with van der Waals surface area (Å²) >= 11 is 0. The van der Waals surface area contributed by atoms with E-state index in [1.165, 1.54) is 0 Å². The number of rotatable bonds is 8. The van der Waals surface area contributed by atoms with Crippen LogP contribution in [-0.4, -0.2) is 48.5 Å². The first-order valence-electron chi connectivity index (χ1n) is 7.38. The fraction of sp³-hybridized carbons (Fsp3) is 0.600. The van der Waals surface area contributed by atoms with E-state index < -0.39 is 0 Å². The van der Waals surface area contributed by atoms with Crippen LogP contribution in [0.3, 0.4) is 0 Å². The summed E-state index contributed by atoms with van der Waals surface area (Å²) in [5, 5.41) is 0. The third-order valence-electron chi connectivity index (χ3n) is 3.39. The summed E-state index contributed by atoms with van der Waals surface area (Å²) in [7, 11) is 0. The molecule has 0 saturated carbocycles. The lowest BCUT2D eigenvalue weighted by atomic mass is 10.2. The summed E-state index contributed by atoms with van der Waals surface area (Å²) in [5.41, 5.74) is 7.11. The first-order chi connectivity index (χ1) is 9.67. The number of aromatic nitrogens is 1. The predicted molar refractivity (Wildman–Crippen MR) is 83.0 cm³/mol. The van der Waals surface area contributed by atoms with Crippen LogP contribution in [0.1, 0.15) is 37.7 Å². The van der Waals surface area contributed by atoms with Crippen LogP contribution in [0.5, 0.6) is 0 Å². The fourth-order valence-electron chi connectivity index (χ4n) is 2.16. The molecule has 1 amide bonds. The number of nitrogens with two attached hydrogens (primary N) is 1. The first kappa shape index (κ1) is 16.4. The normalized spacial score (nSPS) is 10.4. The highest BCUT2D eigenvalue weighted by Gasteiger charge is 2.15. The summed E-state index contributed by atoms with van der Waals surface area (Å²) in [4.78, 5) is 20.5. The van der Waals surface area contributed by atoms with Gasteiger partial charge in [-0.25, -0.2) is 0 Å². The molecule has 0 fully saturated rings. The molecule has 0 saturated heterocycles. The molecule has 2 N–H and O–H groups in total. The van der Waals surface area contributed by atoms with Crippen LogP contribution in [0.15, 0.2) is 18.3 Å². The predicted octanol–water partition coefficient (Wildman–Crippen LogP) is 1.74. The summed E-state index contributed by atoms with van der Waals surface area (Å²) < 4.78 is 0. The molecule has 1 aromatic rings. The number of amides is 1. The minimum atomic E-state index is -0.00766. The first-order valence-corrected chi connectivity index (χ1v) is 7.38. The molecule has 0 aromatic carbocycles. The van der Waals surface area contributed by atoms with Crippen molar-refractivity contribution >= 4 is 11.6 Å². The maximum atomic E-state index is 12.3. The van der Waals surface area contributed by atoms with Crippen molar-refractivity contribution in [3.8, 4) is 0 Å². The molecule has 0 aliphatic carbocycles. The lowest BCUT2D eigenvalue weighted by Crippen LogP contribution is -2.31. The fourth-order valence-corrected chi connectivity index (χ4v) is 2.16. The van der Waals surface area contributed by atoms with E-state index in [0.717, 1.165) is 25.2 Å². The molecular weight excluding hydrogens is 252 g/mol. The highest BCUT2D eigenvalue weighted by molar-refractivity contribution is 5.93. The van der Waals surface area contributed by atoms with E-state index in [9.17, 15) is 4.79 Å². The van der Waals surface area contributed by atoms with E-state index in [2.05, 4.69) is 16.8 Å². The summed E-state index contributed by atoms with van der Waals surface area (Å²) in [5.74, 6) is -0.00766. The van der Waals surface area contributed by atoms with Crippen LogP contribution >= 0.6 is 0 Å². The highest BCUT2D eigenvalue weighted by Crippen LogP contribution is 2.15. The monoisotopic (exact) mass is 278 g/mol. The number of anilines is 1. The molecule has 0 spiro atoms. The van der Waals surface area contributed by atoms with E-state index >= 15 is 0 Å². The molecule has 0 aliphatic rings. The third kappa shape index (κ3) is 4.20. The van der Waals surface area contributed by atoms with Crippen molar-refractivity contribution in [1.82, 2.24) is 9.88 Å². The number of hydrogen-bond acceptors (Lipinski definition) is 4. The third-order valence-corrected chi connectivity index (χ3v) is 3.39. The van der Waals surface area contributed by atoms with Gasteiger partial charge in [-0.05, 0) is 45.9 Å². The van der Waals surface area contributed by atoms with E-state index in [1.807, 2.05) is 26.0 Å². The van der Waals surface area contributed by atoms with Crippen molar-refractivity contribution in [2.75, 3.05) is 37.6 Å². The van der Waals surface area contributed by atoms with Crippen molar-refractivity contribution in [1.29, 1.82) is 0 Å². The van der Waals surface area contributed by atoms with E-state index in [4.69, 9.17) is 5.73 Å². The molecule has 112 valence electrons. The van der Waals surface area contributed by atoms with Gasteiger partial charge in [0.05, 0.1) is 0 Å². The van der Waals surface area contributed by atoms with Gasteiger partial charge in [0.15, 0.2) is 0 Å². The molecular formula is C15H26N4O. The van der Waals surface area contributed by atoms with Crippen LogP contribution < -0.4 is 10.6 Å². The SMILES string of the molecule is CCN(CC)C(=O)c1cc(N(CC)CCCN)ccn1. The Hall–Kier alpha value is -1.62. The van der Waals surface area contributed by atoms with Crippen LogP contribution in [0.4, 0.5) is 5.69 Å². The minimum Gasteiger partial charge on any atom is -0.372 e.